The van der Waals surface area contributed by atoms with Gasteiger partial charge in [0.25, 0.3) is 0 Å². The van der Waals surface area contributed by atoms with Gasteiger partial charge in [0.2, 0.25) is 22.7 Å². The van der Waals surface area contributed by atoms with E-state index >= 15 is 0 Å². The van der Waals surface area contributed by atoms with Gasteiger partial charge in [-0.05, 0) is 47.5 Å². The number of methoxy groups -OCH3 is 2. The number of hydrogen-bond acceptors (Lipinski definition) is 10. The second-order valence-electron chi connectivity index (χ2n) is 10.2. The summed E-state index contributed by atoms with van der Waals surface area (Å²) < 4.78 is 21.9. The average Bonchev–Trinajstić information content (AvgIpc) is 3.30. The van der Waals surface area contributed by atoms with Gasteiger partial charge in [0.05, 0.1) is 19.6 Å². The zero-order valence-electron chi connectivity index (χ0n) is 23.1. The lowest BCUT2D eigenvalue weighted by Crippen LogP contribution is -2.39. The van der Waals surface area contributed by atoms with E-state index in [0.717, 1.165) is 5.56 Å². The smallest absolute Gasteiger partial charge is 0.235 e. The fourth-order valence-corrected chi connectivity index (χ4v) is 5.56. The number of ketones is 1. The number of hydrogen-bond donors (Lipinski definition) is 4. The Morgan fingerprint density at radius 2 is 1.63 bits per heavy atom. The van der Waals surface area contributed by atoms with E-state index in [0.29, 0.717) is 44.8 Å². The van der Waals surface area contributed by atoms with Gasteiger partial charge < -0.3 is 39.1 Å². The predicted molar refractivity (Wildman–Crippen MR) is 156 cm³/mol. The quantitative estimate of drug-likeness (QED) is 0.253. The molecule has 3 aromatic carbocycles. The number of benzene rings is 3. The van der Waals surface area contributed by atoms with Crippen molar-refractivity contribution in [3.63, 3.8) is 0 Å². The number of para-hydroxylation sites is 1. The molecule has 218 valence electrons. The maximum absolute atomic E-state index is 12.6. The van der Waals surface area contributed by atoms with E-state index in [1.165, 1.54) is 31.4 Å². The van der Waals surface area contributed by atoms with Gasteiger partial charge in [0, 0.05) is 23.1 Å². The van der Waals surface area contributed by atoms with Gasteiger partial charge in [-0.3, -0.25) is 9.59 Å². The summed E-state index contributed by atoms with van der Waals surface area (Å²) in [4.78, 5) is 24.1. The van der Waals surface area contributed by atoms with Gasteiger partial charge >= 0.3 is 0 Å². The first-order chi connectivity index (χ1) is 20.7. The minimum absolute atomic E-state index is 0.0348. The molecule has 4 aromatic rings. The van der Waals surface area contributed by atoms with Crippen LogP contribution in [0, 0.1) is 0 Å². The van der Waals surface area contributed by atoms with Gasteiger partial charge in [0.1, 0.15) is 12.2 Å². The molecule has 10 nitrogen and oxygen atoms in total. The van der Waals surface area contributed by atoms with E-state index in [-0.39, 0.29) is 41.5 Å². The van der Waals surface area contributed by atoms with Crippen LogP contribution in [-0.2, 0) is 16.0 Å². The molecule has 0 bridgehead atoms. The molecule has 0 saturated carbocycles. The minimum atomic E-state index is -1.33. The number of fused-ring (bicyclic) bond motifs is 5. The van der Waals surface area contributed by atoms with Gasteiger partial charge in [-0.25, -0.2) is 0 Å². The van der Waals surface area contributed by atoms with Crippen LogP contribution in [-0.4, -0.2) is 52.6 Å². The number of phenols is 2. The third-order valence-corrected chi connectivity index (χ3v) is 7.54. The molecule has 0 radical (unpaired) electrons. The first kappa shape index (κ1) is 27.7. The van der Waals surface area contributed by atoms with E-state index in [2.05, 4.69) is 0 Å². The number of carbonyl (C=O) groups is 1. The first-order valence-electron chi connectivity index (χ1n) is 13.2. The zero-order chi connectivity index (χ0) is 30.5. The number of rotatable bonds is 3. The molecule has 10 heteroatoms. The minimum Gasteiger partial charge on any atom is -0.504 e. The van der Waals surface area contributed by atoms with Crippen molar-refractivity contribution < 1.29 is 43.8 Å². The summed E-state index contributed by atoms with van der Waals surface area (Å²) in [5, 5.41) is 40.5. The molecule has 1 aromatic heterocycles. The molecule has 3 aliphatic rings. The monoisotopic (exact) mass is 582 g/mol. The Morgan fingerprint density at radius 1 is 0.884 bits per heavy atom. The standard InChI is InChI=1S/C17H14O4.C16H12O6/c1-19-13-10-6-9-12-14(18)17(20-2)15(21-16(12)13)11-7-4-3-5-8-11;17-10-2-1-8-13-9-4-12(19)11(18)3-7(9)5-16(13,21)6-22-15(8)14(10)20/h3-10H,1-2H3;1-4,18-21H,5-6H2. The van der Waals surface area contributed by atoms with Crippen LogP contribution >= 0.6 is 0 Å². The Labute approximate surface area is 244 Å². The molecule has 0 amide bonds. The third-order valence-electron chi connectivity index (χ3n) is 7.54. The number of ether oxygens (including phenoxy) is 3. The fraction of sp³-hybridized carbons (Fsp3) is 0.152. The second kappa shape index (κ2) is 10.4. The molecule has 1 atom stereocenters. The van der Waals surface area contributed by atoms with E-state index in [4.69, 9.17) is 18.6 Å². The van der Waals surface area contributed by atoms with Gasteiger partial charge in [-0.2, -0.15) is 0 Å². The molecule has 7 rings (SSSR count). The SMILES string of the molecule is COc1c(-c2ccccc2)oc2c(OC)cccc2c1=O.O=C1C=CC2=C3c4cc(O)c(O)cc4CC3(O)COC2=C1O. The molecular formula is C33H26O10. The molecule has 1 aliphatic heterocycles. The lowest BCUT2D eigenvalue weighted by molar-refractivity contribution is -0.114. The number of aromatic hydroxyl groups is 2. The molecule has 0 saturated heterocycles. The molecule has 0 fully saturated rings. The summed E-state index contributed by atoms with van der Waals surface area (Å²) >= 11 is 0. The fourth-order valence-electron chi connectivity index (χ4n) is 5.56. The van der Waals surface area contributed by atoms with Crippen molar-refractivity contribution in [3.8, 4) is 34.3 Å². The van der Waals surface area contributed by atoms with Crippen LogP contribution in [0.25, 0.3) is 27.9 Å². The molecular weight excluding hydrogens is 556 g/mol. The van der Waals surface area contributed by atoms with E-state index in [1.807, 2.05) is 30.3 Å². The Hall–Kier alpha value is -5.48. The Bertz CT molecular complexity index is 1950. The number of phenolic OH excluding ortho intramolecular Hbond substituents is 2. The molecule has 2 aliphatic carbocycles. The van der Waals surface area contributed by atoms with Crippen molar-refractivity contribution in [3.05, 3.63) is 111 Å². The van der Waals surface area contributed by atoms with Gasteiger partial charge in [-0.15, -0.1) is 0 Å². The zero-order valence-corrected chi connectivity index (χ0v) is 23.1. The topological polar surface area (TPSA) is 156 Å². The number of allylic oxidation sites excluding steroid dienone is 2. The highest BCUT2D eigenvalue weighted by atomic mass is 16.5. The summed E-state index contributed by atoms with van der Waals surface area (Å²) in [5.41, 5.74) is 1.78. The second-order valence-corrected chi connectivity index (χ2v) is 10.2. The molecule has 0 spiro atoms. The summed E-state index contributed by atoms with van der Waals surface area (Å²) in [6.07, 6.45) is 2.90. The summed E-state index contributed by atoms with van der Waals surface area (Å²) in [7, 11) is 3.01. The van der Waals surface area contributed by atoms with Crippen molar-refractivity contribution in [2.75, 3.05) is 20.8 Å². The lowest BCUT2D eigenvalue weighted by Gasteiger charge is -2.33. The Kier molecular flexibility index (Phi) is 6.70. The van der Waals surface area contributed by atoms with Crippen molar-refractivity contribution in [1.29, 1.82) is 0 Å². The molecule has 2 heterocycles. The van der Waals surface area contributed by atoms with E-state index in [1.54, 1.807) is 25.3 Å². The molecule has 1 unspecified atom stereocenters. The van der Waals surface area contributed by atoms with Crippen molar-refractivity contribution in [2.24, 2.45) is 0 Å². The van der Waals surface area contributed by atoms with Crippen LogP contribution in [0.5, 0.6) is 23.0 Å². The highest BCUT2D eigenvalue weighted by molar-refractivity contribution is 6.06. The largest absolute Gasteiger partial charge is 0.504 e. The lowest BCUT2D eigenvalue weighted by atomic mass is 9.85. The number of aliphatic hydroxyl groups excluding tert-OH is 1. The highest BCUT2D eigenvalue weighted by Gasteiger charge is 2.47. The number of aliphatic hydroxyl groups is 2. The number of carbonyl (C=O) groups excluding carboxylic acids is 1. The Morgan fingerprint density at radius 3 is 2.35 bits per heavy atom. The maximum atomic E-state index is 12.6. The molecule has 4 N–H and O–H groups in total. The van der Waals surface area contributed by atoms with Crippen LogP contribution in [0.3, 0.4) is 0 Å². The van der Waals surface area contributed by atoms with Crippen LogP contribution in [0.2, 0.25) is 0 Å². The molecule has 43 heavy (non-hydrogen) atoms. The summed E-state index contributed by atoms with van der Waals surface area (Å²) in [6.45, 7) is -0.122. The third kappa shape index (κ3) is 4.48. The van der Waals surface area contributed by atoms with Gasteiger partial charge in [0.15, 0.2) is 34.4 Å². The Balaban J connectivity index is 0.000000153. The summed E-state index contributed by atoms with van der Waals surface area (Å²) in [6, 6.07) is 17.3. The van der Waals surface area contributed by atoms with Gasteiger partial charge in [-0.1, -0.05) is 36.4 Å². The van der Waals surface area contributed by atoms with E-state index < -0.39 is 17.1 Å². The highest BCUT2D eigenvalue weighted by Crippen LogP contribution is 2.50. The van der Waals surface area contributed by atoms with Crippen LogP contribution in [0.15, 0.2) is 99.1 Å². The normalized spacial score (nSPS) is 18.3. The van der Waals surface area contributed by atoms with E-state index in [9.17, 15) is 30.0 Å². The first-order valence-corrected chi connectivity index (χ1v) is 13.2. The van der Waals surface area contributed by atoms with Crippen molar-refractivity contribution in [2.45, 2.75) is 12.0 Å². The summed E-state index contributed by atoms with van der Waals surface area (Å²) in [5.74, 6) is -0.465. The van der Waals surface area contributed by atoms with Crippen molar-refractivity contribution in [1.82, 2.24) is 0 Å². The predicted octanol–water partition coefficient (Wildman–Crippen LogP) is 4.55. The average molecular weight is 583 g/mol. The maximum Gasteiger partial charge on any atom is 0.235 e. The van der Waals surface area contributed by atoms with Crippen LogP contribution < -0.4 is 14.9 Å². The van der Waals surface area contributed by atoms with Crippen LogP contribution in [0.1, 0.15) is 11.1 Å². The van der Waals surface area contributed by atoms with Crippen LogP contribution in [0.4, 0.5) is 0 Å². The van der Waals surface area contributed by atoms with Crippen molar-refractivity contribution >= 4 is 22.3 Å².